The van der Waals surface area contributed by atoms with E-state index in [1.807, 2.05) is 0 Å². The maximum atomic E-state index is 6.02. The molecular weight excluding hydrogens is 340 g/mol. The number of nitrogens with zero attached hydrogens (tertiary/aromatic N) is 4. The van der Waals surface area contributed by atoms with Crippen LogP contribution in [0.5, 0.6) is 0 Å². The van der Waals surface area contributed by atoms with Crippen LogP contribution >= 0.6 is 0 Å². The summed E-state index contributed by atoms with van der Waals surface area (Å²) in [5.74, 6) is 1.16. The first-order valence-corrected chi connectivity index (χ1v) is 9.71. The van der Waals surface area contributed by atoms with Crippen molar-refractivity contribution in [2.24, 2.45) is 0 Å². The zero-order valence-corrected chi connectivity index (χ0v) is 15.8. The molecule has 0 bridgehead atoms. The third kappa shape index (κ3) is 3.78. The fraction of sp³-hybridized carbons (Fsp3) is 0.500. The van der Waals surface area contributed by atoms with Gasteiger partial charge in [0.1, 0.15) is 0 Å². The van der Waals surface area contributed by atoms with Crippen molar-refractivity contribution >= 4 is 23.1 Å². The van der Waals surface area contributed by atoms with Crippen LogP contribution in [0.2, 0.25) is 0 Å². The van der Waals surface area contributed by atoms with Gasteiger partial charge in [0.2, 0.25) is 5.95 Å². The van der Waals surface area contributed by atoms with Crippen LogP contribution in [0.25, 0.3) is 0 Å². The van der Waals surface area contributed by atoms with E-state index in [9.17, 15) is 0 Å². The van der Waals surface area contributed by atoms with E-state index in [0.29, 0.717) is 17.8 Å². The van der Waals surface area contributed by atoms with E-state index in [4.69, 9.17) is 16.2 Å². The highest BCUT2D eigenvalue weighted by molar-refractivity contribution is 5.64. The van der Waals surface area contributed by atoms with Gasteiger partial charge in [-0.3, -0.25) is 0 Å². The second-order valence-corrected chi connectivity index (χ2v) is 7.39. The Morgan fingerprint density at radius 1 is 1.11 bits per heavy atom. The minimum Gasteiger partial charge on any atom is -0.382 e. The number of piperazine rings is 1. The Morgan fingerprint density at radius 2 is 1.89 bits per heavy atom. The first-order chi connectivity index (χ1) is 13.1. The first kappa shape index (κ1) is 17.9. The maximum Gasteiger partial charge on any atom is 0.222 e. The Balaban J connectivity index is 1.44. The summed E-state index contributed by atoms with van der Waals surface area (Å²) in [6, 6.07) is 8.95. The van der Waals surface area contributed by atoms with Gasteiger partial charge in [0, 0.05) is 44.4 Å². The third-order valence-corrected chi connectivity index (χ3v) is 5.71. The predicted molar refractivity (Wildman–Crippen MR) is 109 cm³/mol. The highest BCUT2D eigenvalue weighted by Gasteiger charge is 2.25. The molecule has 2 fully saturated rings. The number of anilines is 4. The van der Waals surface area contributed by atoms with Crippen LogP contribution in [0.1, 0.15) is 31.2 Å². The molecular formula is C20H28N6O. The molecule has 1 aromatic carbocycles. The van der Waals surface area contributed by atoms with E-state index < -0.39 is 0 Å². The Hall–Kier alpha value is -2.54. The lowest BCUT2D eigenvalue weighted by Gasteiger charge is -2.38. The lowest BCUT2D eigenvalue weighted by atomic mass is 9.88. The molecule has 0 saturated carbocycles. The lowest BCUT2D eigenvalue weighted by Crippen LogP contribution is -2.47. The third-order valence-electron chi connectivity index (χ3n) is 5.71. The van der Waals surface area contributed by atoms with Crippen molar-refractivity contribution in [1.82, 2.24) is 9.97 Å². The monoisotopic (exact) mass is 368 g/mol. The van der Waals surface area contributed by atoms with Crippen molar-refractivity contribution in [3.8, 4) is 0 Å². The minimum atomic E-state index is 0.215. The summed E-state index contributed by atoms with van der Waals surface area (Å²) in [5, 5.41) is 0. The highest BCUT2D eigenvalue weighted by atomic mass is 16.5. The van der Waals surface area contributed by atoms with E-state index in [1.54, 1.807) is 6.20 Å². The summed E-state index contributed by atoms with van der Waals surface area (Å²) in [6.07, 6.45) is 4.36. The van der Waals surface area contributed by atoms with Gasteiger partial charge in [-0.2, -0.15) is 4.98 Å². The molecule has 2 aromatic rings. The fourth-order valence-electron chi connectivity index (χ4n) is 4.17. The zero-order valence-electron chi connectivity index (χ0n) is 15.8. The number of aromatic nitrogens is 2. The molecule has 3 heterocycles. The Morgan fingerprint density at radius 3 is 2.63 bits per heavy atom. The van der Waals surface area contributed by atoms with Gasteiger partial charge < -0.3 is 26.0 Å². The molecule has 2 aliphatic rings. The van der Waals surface area contributed by atoms with Crippen molar-refractivity contribution in [2.45, 2.75) is 31.8 Å². The number of nitrogen functional groups attached to an aromatic ring is 2. The summed E-state index contributed by atoms with van der Waals surface area (Å²) in [6.45, 7) is 6.70. The number of ether oxygens (including phenoxy) is 1. The molecule has 0 spiro atoms. The van der Waals surface area contributed by atoms with Gasteiger partial charge >= 0.3 is 0 Å². The predicted octanol–water partition coefficient (Wildman–Crippen LogP) is 2.25. The molecule has 1 aromatic heterocycles. The minimum absolute atomic E-state index is 0.215. The average Bonchev–Trinajstić information content (AvgIpc) is 2.69. The van der Waals surface area contributed by atoms with Crippen LogP contribution in [0.3, 0.4) is 0 Å². The van der Waals surface area contributed by atoms with Gasteiger partial charge in [0.25, 0.3) is 0 Å². The van der Waals surface area contributed by atoms with Gasteiger partial charge in [0.15, 0.2) is 5.82 Å². The molecule has 27 heavy (non-hydrogen) atoms. The van der Waals surface area contributed by atoms with Crippen LogP contribution < -0.4 is 21.3 Å². The number of hydrogen-bond donors (Lipinski definition) is 2. The summed E-state index contributed by atoms with van der Waals surface area (Å²) in [4.78, 5) is 12.8. The number of nitrogens with two attached hydrogens (primary N) is 2. The molecule has 4 N–H and O–H groups in total. The second kappa shape index (κ2) is 7.60. The number of hydrogen-bond acceptors (Lipinski definition) is 7. The number of benzene rings is 1. The molecule has 2 unspecified atom stereocenters. The van der Waals surface area contributed by atoms with Crippen molar-refractivity contribution in [1.29, 1.82) is 0 Å². The molecule has 2 atom stereocenters. The van der Waals surface area contributed by atoms with Crippen LogP contribution in [0, 0.1) is 0 Å². The van der Waals surface area contributed by atoms with Gasteiger partial charge in [-0.05, 0) is 37.5 Å². The Bertz CT molecular complexity index is 790. The summed E-state index contributed by atoms with van der Waals surface area (Å²) in [5.41, 5.74) is 15.2. The van der Waals surface area contributed by atoms with E-state index in [1.165, 1.54) is 17.7 Å². The highest BCUT2D eigenvalue weighted by Crippen LogP contribution is 2.33. The SMILES string of the molecule is CC1OCCCC1c1cccc(N2CCN(c3cnc(N)nc3N)CC2)c1. The van der Waals surface area contributed by atoms with E-state index in [-0.39, 0.29) is 5.95 Å². The van der Waals surface area contributed by atoms with Crippen LogP contribution in [0.15, 0.2) is 30.5 Å². The average molecular weight is 368 g/mol. The lowest BCUT2D eigenvalue weighted by molar-refractivity contribution is 0.0116. The van der Waals surface area contributed by atoms with Crippen molar-refractivity contribution in [2.75, 3.05) is 54.1 Å². The molecule has 144 valence electrons. The molecule has 2 aliphatic heterocycles. The van der Waals surface area contributed by atoms with Crippen molar-refractivity contribution in [3.05, 3.63) is 36.0 Å². The van der Waals surface area contributed by atoms with Crippen LogP contribution in [-0.2, 0) is 4.74 Å². The topological polar surface area (TPSA) is 93.5 Å². The van der Waals surface area contributed by atoms with Crippen molar-refractivity contribution < 1.29 is 4.74 Å². The quantitative estimate of drug-likeness (QED) is 0.858. The van der Waals surface area contributed by atoms with E-state index in [0.717, 1.165) is 44.9 Å². The standard InChI is InChI=1S/C20H28N6O/c1-14-17(6-3-11-27-14)15-4-2-5-16(12-15)25-7-9-26(10-8-25)18-13-23-20(22)24-19(18)21/h2,4-5,12-14,17H,3,6-11H2,1H3,(H4,21,22,23,24). The largest absolute Gasteiger partial charge is 0.382 e. The fourth-order valence-corrected chi connectivity index (χ4v) is 4.17. The summed E-state index contributed by atoms with van der Waals surface area (Å²) in [7, 11) is 0. The van der Waals surface area contributed by atoms with Gasteiger partial charge in [-0.15, -0.1) is 0 Å². The van der Waals surface area contributed by atoms with E-state index >= 15 is 0 Å². The molecule has 7 heteroatoms. The Kier molecular flexibility index (Phi) is 5.03. The van der Waals surface area contributed by atoms with Gasteiger partial charge in [0.05, 0.1) is 18.0 Å². The van der Waals surface area contributed by atoms with E-state index in [2.05, 4.69) is 51.0 Å². The molecule has 4 rings (SSSR count). The number of rotatable bonds is 3. The molecule has 0 amide bonds. The molecule has 2 saturated heterocycles. The van der Waals surface area contributed by atoms with Crippen LogP contribution in [0.4, 0.5) is 23.1 Å². The maximum absolute atomic E-state index is 6.02. The molecule has 7 nitrogen and oxygen atoms in total. The molecule has 0 radical (unpaired) electrons. The molecule has 0 aliphatic carbocycles. The summed E-state index contributed by atoms with van der Waals surface area (Å²) < 4.78 is 5.86. The van der Waals surface area contributed by atoms with Crippen molar-refractivity contribution in [3.63, 3.8) is 0 Å². The summed E-state index contributed by atoms with van der Waals surface area (Å²) >= 11 is 0. The normalized spacial score (nSPS) is 23.4. The Labute approximate surface area is 160 Å². The van der Waals surface area contributed by atoms with Gasteiger partial charge in [-0.25, -0.2) is 4.98 Å². The smallest absolute Gasteiger partial charge is 0.222 e. The zero-order chi connectivity index (χ0) is 18.8. The van der Waals surface area contributed by atoms with Gasteiger partial charge in [-0.1, -0.05) is 12.1 Å². The second-order valence-electron chi connectivity index (χ2n) is 7.39. The first-order valence-electron chi connectivity index (χ1n) is 9.71. The van der Waals surface area contributed by atoms with Crippen LogP contribution in [-0.4, -0.2) is 48.9 Å².